The van der Waals surface area contributed by atoms with E-state index in [9.17, 15) is 4.79 Å². The molecule has 0 aliphatic heterocycles. The maximum Gasteiger partial charge on any atom is 0.419 e. The second-order valence-electron chi connectivity index (χ2n) is 3.21. The summed E-state index contributed by atoms with van der Waals surface area (Å²) in [6.45, 7) is 4.18. The molecule has 3 nitrogen and oxygen atoms in total. The molecule has 0 saturated heterocycles. The van der Waals surface area contributed by atoms with Crippen LogP contribution in [-0.2, 0) is 6.54 Å². The minimum atomic E-state index is -0.353. The monoisotopic (exact) mass is 223 g/mol. The Morgan fingerprint density at radius 1 is 1.53 bits per heavy atom. The summed E-state index contributed by atoms with van der Waals surface area (Å²) < 4.78 is 6.62. The van der Waals surface area contributed by atoms with Gasteiger partial charge in [0.1, 0.15) is 0 Å². The van der Waals surface area contributed by atoms with E-state index in [1.54, 1.807) is 28.8 Å². The minimum Gasteiger partial charge on any atom is -0.408 e. The van der Waals surface area contributed by atoms with Crippen molar-refractivity contribution in [2.75, 3.05) is 0 Å². The van der Waals surface area contributed by atoms with E-state index in [2.05, 4.69) is 6.58 Å². The Morgan fingerprint density at radius 2 is 2.33 bits per heavy atom. The minimum absolute atomic E-state index is 0.353. The third-order valence-electron chi connectivity index (χ3n) is 2.19. The Labute approximate surface area is 91.6 Å². The molecule has 0 aliphatic rings. The quantitative estimate of drug-likeness (QED) is 0.750. The molecule has 0 amide bonds. The van der Waals surface area contributed by atoms with Crippen LogP contribution >= 0.6 is 11.6 Å². The predicted octanol–water partition coefficient (Wildman–Crippen LogP) is 2.82. The third-order valence-corrected chi connectivity index (χ3v) is 2.42. The lowest BCUT2D eigenvalue weighted by Crippen LogP contribution is -2.13. The fourth-order valence-corrected chi connectivity index (χ4v) is 1.63. The van der Waals surface area contributed by atoms with Crippen LogP contribution in [0.15, 0.2) is 40.1 Å². The van der Waals surface area contributed by atoms with Gasteiger partial charge >= 0.3 is 5.76 Å². The number of hydrogen-bond donors (Lipinski definition) is 0. The summed E-state index contributed by atoms with van der Waals surface area (Å²) in [5.74, 6) is -0.353. The standard InChI is InChI=1S/C11H10ClNO2/c1-2-3-6-13-9-7-8(12)4-5-10(9)15-11(13)14/h2,4-5,7H,1,3,6H2. The molecule has 0 atom stereocenters. The average molecular weight is 224 g/mol. The van der Waals surface area contributed by atoms with E-state index in [-0.39, 0.29) is 5.76 Å². The lowest BCUT2D eigenvalue weighted by molar-refractivity contribution is 0.507. The molecule has 2 aromatic rings. The van der Waals surface area contributed by atoms with Crippen LogP contribution in [0.4, 0.5) is 0 Å². The van der Waals surface area contributed by atoms with Gasteiger partial charge in [0.2, 0.25) is 0 Å². The fraction of sp³-hybridized carbons (Fsp3) is 0.182. The molecule has 0 N–H and O–H groups in total. The Balaban J connectivity index is 2.60. The van der Waals surface area contributed by atoms with Gasteiger partial charge in [0.25, 0.3) is 0 Å². The molecule has 1 aromatic carbocycles. The van der Waals surface area contributed by atoms with Gasteiger partial charge in [0.15, 0.2) is 5.58 Å². The van der Waals surface area contributed by atoms with Crippen LogP contribution in [0, 0.1) is 0 Å². The van der Waals surface area contributed by atoms with Crippen LogP contribution in [0.1, 0.15) is 6.42 Å². The number of oxazole rings is 1. The third kappa shape index (κ3) is 1.83. The van der Waals surface area contributed by atoms with Crippen molar-refractivity contribution in [3.05, 3.63) is 46.4 Å². The second kappa shape index (κ2) is 3.95. The van der Waals surface area contributed by atoms with Crippen molar-refractivity contribution < 1.29 is 4.42 Å². The number of aryl methyl sites for hydroxylation is 1. The van der Waals surface area contributed by atoms with Crippen molar-refractivity contribution in [3.63, 3.8) is 0 Å². The molecule has 4 heteroatoms. The number of rotatable bonds is 3. The first-order chi connectivity index (χ1) is 7.22. The average Bonchev–Trinajstić information content (AvgIpc) is 2.51. The number of allylic oxidation sites excluding steroid dienone is 1. The summed E-state index contributed by atoms with van der Waals surface area (Å²) in [6.07, 6.45) is 2.48. The molecule has 2 rings (SSSR count). The molecule has 0 unspecified atom stereocenters. The maximum absolute atomic E-state index is 11.5. The maximum atomic E-state index is 11.5. The van der Waals surface area contributed by atoms with Crippen LogP contribution in [0.3, 0.4) is 0 Å². The molecule has 0 fully saturated rings. The highest BCUT2D eigenvalue weighted by Crippen LogP contribution is 2.18. The van der Waals surface area contributed by atoms with Gasteiger partial charge in [0, 0.05) is 11.6 Å². The number of aromatic nitrogens is 1. The molecule has 0 radical (unpaired) electrons. The second-order valence-corrected chi connectivity index (χ2v) is 3.65. The molecule has 0 bridgehead atoms. The van der Waals surface area contributed by atoms with Crippen LogP contribution in [0.2, 0.25) is 5.02 Å². The number of benzene rings is 1. The van der Waals surface area contributed by atoms with Gasteiger partial charge in [-0.25, -0.2) is 4.79 Å². The van der Waals surface area contributed by atoms with Gasteiger partial charge in [-0.15, -0.1) is 6.58 Å². The highest BCUT2D eigenvalue weighted by Gasteiger charge is 2.08. The van der Waals surface area contributed by atoms with Crippen LogP contribution < -0.4 is 5.76 Å². The Morgan fingerprint density at radius 3 is 3.07 bits per heavy atom. The first kappa shape index (κ1) is 10.1. The predicted molar refractivity (Wildman–Crippen MR) is 60.3 cm³/mol. The van der Waals surface area contributed by atoms with E-state index >= 15 is 0 Å². The highest BCUT2D eigenvalue weighted by molar-refractivity contribution is 6.31. The summed E-state index contributed by atoms with van der Waals surface area (Å²) in [4.78, 5) is 11.5. The lowest BCUT2D eigenvalue weighted by atomic mass is 10.3. The van der Waals surface area contributed by atoms with Crippen LogP contribution in [-0.4, -0.2) is 4.57 Å². The summed E-state index contributed by atoms with van der Waals surface area (Å²) in [7, 11) is 0. The Hall–Kier alpha value is -1.48. The highest BCUT2D eigenvalue weighted by atomic mass is 35.5. The zero-order valence-electron chi connectivity index (χ0n) is 8.07. The summed E-state index contributed by atoms with van der Waals surface area (Å²) >= 11 is 5.86. The van der Waals surface area contributed by atoms with E-state index in [1.165, 1.54) is 0 Å². The smallest absolute Gasteiger partial charge is 0.408 e. The molecular weight excluding hydrogens is 214 g/mol. The number of fused-ring (bicyclic) bond motifs is 1. The van der Waals surface area contributed by atoms with Crippen molar-refractivity contribution in [1.82, 2.24) is 4.57 Å². The molecule has 1 aromatic heterocycles. The zero-order chi connectivity index (χ0) is 10.8. The Bertz CT molecular complexity index is 553. The molecule has 1 heterocycles. The number of nitrogens with zero attached hydrogens (tertiary/aromatic N) is 1. The fourth-order valence-electron chi connectivity index (χ4n) is 1.47. The summed E-state index contributed by atoms with van der Waals surface area (Å²) in [5, 5.41) is 0.593. The van der Waals surface area contributed by atoms with Gasteiger partial charge in [-0.2, -0.15) is 0 Å². The molecule has 0 spiro atoms. The van der Waals surface area contributed by atoms with E-state index in [1.807, 2.05) is 0 Å². The first-order valence-corrected chi connectivity index (χ1v) is 5.00. The van der Waals surface area contributed by atoms with E-state index < -0.39 is 0 Å². The molecule has 78 valence electrons. The van der Waals surface area contributed by atoms with E-state index in [0.29, 0.717) is 17.2 Å². The molecule has 15 heavy (non-hydrogen) atoms. The van der Waals surface area contributed by atoms with Crippen molar-refractivity contribution in [2.24, 2.45) is 0 Å². The molecule has 0 aliphatic carbocycles. The van der Waals surface area contributed by atoms with E-state index in [4.69, 9.17) is 16.0 Å². The van der Waals surface area contributed by atoms with Crippen molar-refractivity contribution in [3.8, 4) is 0 Å². The molecular formula is C11H10ClNO2. The van der Waals surface area contributed by atoms with Crippen molar-refractivity contribution in [1.29, 1.82) is 0 Å². The topological polar surface area (TPSA) is 35.1 Å². The Kier molecular flexibility index (Phi) is 2.64. The first-order valence-electron chi connectivity index (χ1n) is 4.62. The summed E-state index contributed by atoms with van der Waals surface area (Å²) in [6, 6.07) is 5.12. The van der Waals surface area contributed by atoms with Crippen molar-refractivity contribution >= 4 is 22.7 Å². The normalized spacial score (nSPS) is 10.7. The van der Waals surface area contributed by atoms with Gasteiger partial charge in [-0.05, 0) is 24.6 Å². The summed E-state index contributed by atoms with van der Waals surface area (Å²) in [5.41, 5.74) is 1.29. The number of hydrogen-bond acceptors (Lipinski definition) is 2. The van der Waals surface area contributed by atoms with Crippen LogP contribution in [0.5, 0.6) is 0 Å². The van der Waals surface area contributed by atoms with Gasteiger partial charge < -0.3 is 4.42 Å². The van der Waals surface area contributed by atoms with Crippen molar-refractivity contribution in [2.45, 2.75) is 13.0 Å². The van der Waals surface area contributed by atoms with Gasteiger partial charge in [-0.3, -0.25) is 4.57 Å². The van der Waals surface area contributed by atoms with E-state index in [0.717, 1.165) is 11.9 Å². The van der Waals surface area contributed by atoms with Gasteiger partial charge in [0.05, 0.1) is 5.52 Å². The number of halogens is 1. The van der Waals surface area contributed by atoms with Gasteiger partial charge in [-0.1, -0.05) is 17.7 Å². The SMILES string of the molecule is C=CCCn1c(=O)oc2ccc(Cl)cc21. The largest absolute Gasteiger partial charge is 0.419 e. The zero-order valence-corrected chi connectivity index (χ0v) is 8.83. The van der Waals surface area contributed by atoms with Crippen LogP contribution in [0.25, 0.3) is 11.1 Å². The lowest BCUT2D eigenvalue weighted by Gasteiger charge is -1.98. The molecule has 0 saturated carbocycles.